The Morgan fingerprint density at radius 1 is 0.931 bits per heavy atom. The lowest BCUT2D eigenvalue weighted by Crippen LogP contribution is -2.51. The van der Waals surface area contributed by atoms with Crippen molar-refractivity contribution >= 4 is 11.7 Å². The highest BCUT2D eigenvalue weighted by molar-refractivity contribution is 5.74. The van der Waals surface area contributed by atoms with Crippen LogP contribution in [0, 0.1) is 0 Å². The highest BCUT2D eigenvalue weighted by Crippen LogP contribution is 2.21. The van der Waals surface area contributed by atoms with E-state index in [-0.39, 0.29) is 6.03 Å². The van der Waals surface area contributed by atoms with Gasteiger partial charge >= 0.3 is 6.03 Å². The Balaban J connectivity index is 1.23. The van der Waals surface area contributed by atoms with Crippen LogP contribution < -0.4 is 15.0 Å². The molecule has 0 unspecified atom stereocenters. The molecule has 0 bridgehead atoms. The molecule has 6 heteroatoms. The van der Waals surface area contributed by atoms with Gasteiger partial charge in [-0.25, -0.2) is 4.79 Å². The van der Waals surface area contributed by atoms with Gasteiger partial charge in [-0.15, -0.1) is 0 Å². The van der Waals surface area contributed by atoms with E-state index in [4.69, 9.17) is 9.15 Å². The Morgan fingerprint density at radius 2 is 1.69 bits per heavy atom. The fourth-order valence-corrected chi connectivity index (χ4v) is 3.35. The summed E-state index contributed by atoms with van der Waals surface area (Å²) >= 11 is 0. The standard InChI is InChI=1S/C23H25N3O3/c27-23(24-17-22-7-4-16-28-22)26-14-12-25(13-15-26)20-8-10-21(11-9-20)29-18-19-5-2-1-3-6-19/h1-11,16H,12-15,17-18H2,(H,24,27). The number of hydrogen-bond acceptors (Lipinski definition) is 4. The molecule has 1 aromatic heterocycles. The first-order valence-corrected chi connectivity index (χ1v) is 9.85. The van der Waals surface area contributed by atoms with Gasteiger partial charge in [0.05, 0.1) is 12.8 Å². The van der Waals surface area contributed by atoms with Crippen molar-refractivity contribution in [2.45, 2.75) is 13.2 Å². The van der Waals surface area contributed by atoms with Gasteiger partial charge < -0.3 is 24.3 Å². The normalized spacial score (nSPS) is 13.9. The fourth-order valence-electron chi connectivity index (χ4n) is 3.35. The lowest BCUT2D eigenvalue weighted by Gasteiger charge is -2.36. The summed E-state index contributed by atoms with van der Waals surface area (Å²) in [5.41, 5.74) is 2.30. The molecule has 0 radical (unpaired) electrons. The Hall–Kier alpha value is -3.41. The molecule has 0 saturated carbocycles. The SMILES string of the molecule is O=C(NCc1ccco1)N1CCN(c2ccc(OCc3ccccc3)cc2)CC1. The van der Waals surface area contributed by atoms with Crippen LogP contribution in [0.3, 0.4) is 0 Å². The van der Waals surface area contributed by atoms with Gasteiger partial charge in [-0.1, -0.05) is 30.3 Å². The van der Waals surface area contributed by atoms with Crippen LogP contribution in [0.1, 0.15) is 11.3 Å². The summed E-state index contributed by atoms with van der Waals surface area (Å²) < 4.78 is 11.1. The lowest BCUT2D eigenvalue weighted by atomic mass is 10.2. The summed E-state index contributed by atoms with van der Waals surface area (Å²) in [4.78, 5) is 16.4. The fraction of sp³-hybridized carbons (Fsp3) is 0.261. The Kier molecular flexibility index (Phi) is 6.00. The largest absolute Gasteiger partial charge is 0.489 e. The predicted octanol–water partition coefficient (Wildman–Crippen LogP) is 3.89. The molecule has 2 aromatic carbocycles. The topological polar surface area (TPSA) is 58.0 Å². The van der Waals surface area contributed by atoms with Crippen LogP contribution in [0.15, 0.2) is 77.4 Å². The van der Waals surface area contributed by atoms with Gasteiger partial charge in [0.15, 0.2) is 0 Å². The van der Waals surface area contributed by atoms with E-state index >= 15 is 0 Å². The molecule has 0 spiro atoms. The van der Waals surface area contributed by atoms with Gasteiger partial charge in [-0.05, 0) is 42.0 Å². The summed E-state index contributed by atoms with van der Waals surface area (Å²) in [6.07, 6.45) is 1.61. The number of nitrogens with one attached hydrogen (secondary N) is 1. The average Bonchev–Trinajstić information content (AvgIpc) is 3.31. The summed E-state index contributed by atoms with van der Waals surface area (Å²) in [6.45, 7) is 3.96. The number of carbonyl (C=O) groups is 1. The number of hydrogen-bond donors (Lipinski definition) is 1. The molecular formula is C23H25N3O3. The number of piperazine rings is 1. The number of anilines is 1. The number of amides is 2. The zero-order valence-electron chi connectivity index (χ0n) is 16.3. The van der Waals surface area contributed by atoms with Crippen LogP contribution in [-0.2, 0) is 13.2 Å². The number of furan rings is 1. The molecule has 2 amide bonds. The third-order valence-electron chi connectivity index (χ3n) is 5.01. The van der Waals surface area contributed by atoms with Gasteiger partial charge in [0.1, 0.15) is 18.1 Å². The molecule has 0 aliphatic carbocycles. The van der Waals surface area contributed by atoms with Crippen molar-refractivity contribution in [1.29, 1.82) is 0 Å². The highest BCUT2D eigenvalue weighted by Gasteiger charge is 2.21. The van der Waals surface area contributed by atoms with Crippen molar-refractivity contribution in [3.63, 3.8) is 0 Å². The van der Waals surface area contributed by atoms with Gasteiger partial charge in [0, 0.05) is 31.9 Å². The number of urea groups is 1. The minimum atomic E-state index is -0.0503. The predicted molar refractivity (Wildman–Crippen MR) is 112 cm³/mol. The minimum absolute atomic E-state index is 0.0503. The minimum Gasteiger partial charge on any atom is -0.489 e. The van der Waals surface area contributed by atoms with Crippen LogP contribution in [0.5, 0.6) is 5.75 Å². The number of nitrogens with zero attached hydrogens (tertiary/aromatic N) is 2. The number of rotatable bonds is 6. The van der Waals surface area contributed by atoms with Crippen LogP contribution >= 0.6 is 0 Å². The maximum absolute atomic E-state index is 12.3. The molecular weight excluding hydrogens is 366 g/mol. The maximum Gasteiger partial charge on any atom is 0.317 e. The maximum atomic E-state index is 12.3. The second kappa shape index (κ2) is 9.19. The van der Waals surface area contributed by atoms with E-state index in [2.05, 4.69) is 34.5 Å². The van der Waals surface area contributed by atoms with Gasteiger partial charge in [-0.3, -0.25) is 0 Å². The first-order chi connectivity index (χ1) is 14.3. The van der Waals surface area contributed by atoms with E-state index < -0.39 is 0 Å². The molecule has 6 nitrogen and oxygen atoms in total. The van der Waals surface area contributed by atoms with Crippen molar-refractivity contribution in [1.82, 2.24) is 10.2 Å². The molecule has 3 aromatic rings. The monoisotopic (exact) mass is 391 g/mol. The van der Waals surface area contributed by atoms with Crippen LogP contribution in [-0.4, -0.2) is 37.1 Å². The van der Waals surface area contributed by atoms with Gasteiger partial charge in [0.2, 0.25) is 0 Å². The van der Waals surface area contributed by atoms with Crippen molar-refractivity contribution < 1.29 is 13.9 Å². The summed E-state index contributed by atoms with van der Waals surface area (Å²) in [6, 6.07) is 21.9. The van der Waals surface area contributed by atoms with E-state index in [0.29, 0.717) is 26.2 Å². The Bertz CT molecular complexity index is 887. The van der Waals surface area contributed by atoms with E-state index in [0.717, 1.165) is 35.9 Å². The summed E-state index contributed by atoms with van der Waals surface area (Å²) in [7, 11) is 0. The molecule has 2 heterocycles. The number of carbonyl (C=O) groups excluding carboxylic acids is 1. The Labute approximate surface area is 170 Å². The molecule has 0 atom stereocenters. The summed E-state index contributed by atoms with van der Waals surface area (Å²) in [5.74, 6) is 1.61. The van der Waals surface area contributed by atoms with Crippen molar-refractivity contribution in [2.75, 3.05) is 31.1 Å². The zero-order chi connectivity index (χ0) is 19.9. The van der Waals surface area contributed by atoms with E-state index in [1.54, 1.807) is 6.26 Å². The lowest BCUT2D eigenvalue weighted by molar-refractivity contribution is 0.193. The molecule has 29 heavy (non-hydrogen) atoms. The first kappa shape index (κ1) is 18.9. The molecule has 150 valence electrons. The van der Waals surface area contributed by atoms with Crippen molar-refractivity contribution in [2.24, 2.45) is 0 Å². The molecule has 1 aliphatic rings. The van der Waals surface area contributed by atoms with Crippen LogP contribution in [0.2, 0.25) is 0 Å². The van der Waals surface area contributed by atoms with Crippen molar-refractivity contribution in [3.8, 4) is 5.75 Å². The number of ether oxygens (including phenoxy) is 1. The quantitative estimate of drug-likeness (QED) is 0.693. The molecule has 4 rings (SSSR count). The third kappa shape index (κ3) is 5.10. The van der Waals surface area contributed by atoms with E-state index in [9.17, 15) is 4.79 Å². The molecule has 1 saturated heterocycles. The van der Waals surface area contributed by atoms with Crippen LogP contribution in [0.25, 0.3) is 0 Å². The van der Waals surface area contributed by atoms with E-state index in [1.165, 1.54) is 0 Å². The van der Waals surface area contributed by atoms with E-state index in [1.807, 2.05) is 47.4 Å². The van der Waals surface area contributed by atoms with Gasteiger partial charge in [0.25, 0.3) is 0 Å². The second-order valence-electron chi connectivity index (χ2n) is 6.98. The summed E-state index contributed by atoms with van der Waals surface area (Å²) in [5, 5.41) is 2.90. The second-order valence-corrected chi connectivity index (χ2v) is 6.98. The van der Waals surface area contributed by atoms with Crippen molar-refractivity contribution in [3.05, 3.63) is 84.3 Å². The van der Waals surface area contributed by atoms with Gasteiger partial charge in [-0.2, -0.15) is 0 Å². The molecule has 1 fully saturated rings. The Morgan fingerprint density at radius 3 is 2.38 bits per heavy atom. The number of benzene rings is 2. The highest BCUT2D eigenvalue weighted by atomic mass is 16.5. The molecule has 1 aliphatic heterocycles. The average molecular weight is 391 g/mol. The first-order valence-electron chi connectivity index (χ1n) is 9.85. The molecule has 1 N–H and O–H groups in total. The third-order valence-corrected chi connectivity index (χ3v) is 5.01. The zero-order valence-corrected chi connectivity index (χ0v) is 16.3. The smallest absolute Gasteiger partial charge is 0.317 e. The van der Waals surface area contributed by atoms with Crippen LogP contribution in [0.4, 0.5) is 10.5 Å².